The van der Waals surface area contributed by atoms with E-state index in [9.17, 15) is 0 Å². The predicted molar refractivity (Wildman–Crippen MR) is 71.7 cm³/mol. The van der Waals surface area contributed by atoms with E-state index < -0.39 is 0 Å². The van der Waals surface area contributed by atoms with Crippen LogP contribution in [0.5, 0.6) is 5.88 Å². The molecule has 2 unspecified atom stereocenters. The molecule has 5 nitrogen and oxygen atoms in total. The van der Waals surface area contributed by atoms with Crippen molar-refractivity contribution in [1.29, 1.82) is 0 Å². The highest BCUT2D eigenvalue weighted by molar-refractivity contribution is 5.38. The average Bonchev–Trinajstić information content (AvgIpc) is 2.83. The summed E-state index contributed by atoms with van der Waals surface area (Å²) in [5.74, 6) is 3.48. The molecule has 2 atom stereocenters. The fraction of sp³-hybridized carbons (Fsp3) is 0.692. The van der Waals surface area contributed by atoms with Crippen molar-refractivity contribution in [2.75, 3.05) is 25.5 Å². The molecule has 0 saturated heterocycles. The van der Waals surface area contributed by atoms with E-state index in [-0.39, 0.29) is 0 Å². The number of ether oxygens (including phenoxy) is 1. The molecule has 5 heteroatoms. The van der Waals surface area contributed by atoms with E-state index in [1.54, 1.807) is 7.11 Å². The van der Waals surface area contributed by atoms with Crippen molar-refractivity contribution in [1.82, 2.24) is 9.97 Å². The summed E-state index contributed by atoms with van der Waals surface area (Å²) < 4.78 is 5.14. The summed E-state index contributed by atoms with van der Waals surface area (Å²) in [5, 5.41) is 3.38. The molecular formula is C13H22N4O. The topological polar surface area (TPSA) is 73.1 Å². The Kier molecular flexibility index (Phi) is 4.36. The molecule has 1 aliphatic rings. The van der Waals surface area contributed by atoms with Gasteiger partial charge in [0.05, 0.1) is 7.11 Å². The molecule has 1 fully saturated rings. The number of hydrogen-bond acceptors (Lipinski definition) is 5. The van der Waals surface area contributed by atoms with E-state index in [0.717, 1.165) is 24.7 Å². The number of nitrogens with one attached hydrogen (secondary N) is 1. The first-order valence-corrected chi connectivity index (χ1v) is 6.56. The lowest BCUT2D eigenvalue weighted by Gasteiger charge is -2.18. The van der Waals surface area contributed by atoms with Crippen LogP contribution in [0.3, 0.4) is 0 Å². The molecule has 1 heterocycles. The standard InChI is InChI=1S/C13H22N4O/c1-9-16-12(6-13(17-9)18-2)15-8-11-5-3-4-10(11)7-14/h6,10-11H,3-5,7-8,14H2,1-2H3,(H,15,16,17). The fourth-order valence-corrected chi connectivity index (χ4v) is 2.66. The van der Waals surface area contributed by atoms with Gasteiger partial charge in [-0.15, -0.1) is 0 Å². The Morgan fingerprint density at radius 2 is 2.17 bits per heavy atom. The van der Waals surface area contributed by atoms with Gasteiger partial charge in [-0.2, -0.15) is 4.98 Å². The predicted octanol–water partition coefficient (Wildman–Crippen LogP) is 1.58. The van der Waals surface area contributed by atoms with Gasteiger partial charge in [0.1, 0.15) is 11.6 Å². The third-order valence-electron chi connectivity index (χ3n) is 3.69. The zero-order valence-electron chi connectivity index (χ0n) is 11.1. The summed E-state index contributed by atoms with van der Waals surface area (Å²) in [6, 6.07) is 1.83. The molecule has 3 N–H and O–H groups in total. The fourth-order valence-electron chi connectivity index (χ4n) is 2.66. The lowest BCUT2D eigenvalue weighted by molar-refractivity contribution is 0.395. The molecule has 0 radical (unpaired) electrons. The molecule has 0 spiro atoms. The molecular weight excluding hydrogens is 228 g/mol. The van der Waals surface area contributed by atoms with Crippen LogP contribution in [0.15, 0.2) is 6.07 Å². The number of anilines is 1. The second-order valence-electron chi connectivity index (χ2n) is 4.91. The maximum absolute atomic E-state index is 5.79. The van der Waals surface area contributed by atoms with Gasteiger partial charge < -0.3 is 15.8 Å². The van der Waals surface area contributed by atoms with E-state index in [2.05, 4.69) is 15.3 Å². The SMILES string of the molecule is COc1cc(NCC2CCCC2CN)nc(C)n1. The van der Waals surface area contributed by atoms with Gasteiger partial charge in [0, 0.05) is 12.6 Å². The van der Waals surface area contributed by atoms with Crippen molar-refractivity contribution >= 4 is 5.82 Å². The minimum atomic E-state index is 0.604. The summed E-state index contributed by atoms with van der Waals surface area (Å²) >= 11 is 0. The van der Waals surface area contributed by atoms with Gasteiger partial charge in [-0.25, -0.2) is 4.98 Å². The lowest BCUT2D eigenvalue weighted by Crippen LogP contribution is -2.24. The summed E-state index contributed by atoms with van der Waals surface area (Å²) in [6.45, 7) is 3.59. The molecule has 18 heavy (non-hydrogen) atoms. The Bertz CT molecular complexity index is 397. The van der Waals surface area contributed by atoms with Crippen LogP contribution in [0.2, 0.25) is 0 Å². The number of aryl methyl sites for hydroxylation is 1. The van der Waals surface area contributed by atoms with Crippen LogP contribution in [0.4, 0.5) is 5.82 Å². The van der Waals surface area contributed by atoms with E-state index in [1.807, 2.05) is 13.0 Å². The Morgan fingerprint density at radius 3 is 2.89 bits per heavy atom. The molecule has 2 rings (SSSR count). The van der Waals surface area contributed by atoms with Crippen molar-refractivity contribution in [2.24, 2.45) is 17.6 Å². The molecule has 1 aliphatic carbocycles. The van der Waals surface area contributed by atoms with Crippen LogP contribution in [-0.4, -0.2) is 30.2 Å². The highest BCUT2D eigenvalue weighted by Gasteiger charge is 2.25. The van der Waals surface area contributed by atoms with Crippen molar-refractivity contribution in [3.05, 3.63) is 11.9 Å². The molecule has 1 aromatic heterocycles. The average molecular weight is 250 g/mol. The maximum atomic E-state index is 5.79. The smallest absolute Gasteiger partial charge is 0.218 e. The summed E-state index contributed by atoms with van der Waals surface area (Å²) in [6.07, 6.45) is 3.81. The number of methoxy groups -OCH3 is 1. The number of nitrogens with zero attached hydrogens (tertiary/aromatic N) is 2. The molecule has 0 aliphatic heterocycles. The summed E-state index contributed by atoms with van der Waals surface area (Å²) in [7, 11) is 1.62. The van der Waals surface area contributed by atoms with Crippen molar-refractivity contribution in [3.8, 4) is 5.88 Å². The van der Waals surface area contributed by atoms with Crippen LogP contribution >= 0.6 is 0 Å². The Balaban J connectivity index is 1.95. The van der Waals surface area contributed by atoms with Gasteiger partial charge in [-0.3, -0.25) is 0 Å². The van der Waals surface area contributed by atoms with Crippen molar-refractivity contribution in [2.45, 2.75) is 26.2 Å². The largest absolute Gasteiger partial charge is 0.481 e. The number of hydrogen-bond donors (Lipinski definition) is 2. The molecule has 1 aromatic rings. The zero-order valence-corrected chi connectivity index (χ0v) is 11.1. The van der Waals surface area contributed by atoms with E-state index in [0.29, 0.717) is 17.7 Å². The van der Waals surface area contributed by atoms with Crippen LogP contribution in [0.1, 0.15) is 25.1 Å². The normalized spacial score (nSPS) is 23.1. The number of aromatic nitrogens is 2. The van der Waals surface area contributed by atoms with Gasteiger partial charge in [-0.1, -0.05) is 6.42 Å². The Morgan fingerprint density at radius 1 is 1.39 bits per heavy atom. The van der Waals surface area contributed by atoms with Crippen LogP contribution in [0, 0.1) is 18.8 Å². The van der Waals surface area contributed by atoms with Gasteiger partial charge in [-0.05, 0) is 38.1 Å². The van der Waals surface area contributed by atoms with Crippen LogP contribution in [0.25, 0.3) is 0 Å². The van der Waals surface area contributed by atoms with Crippen molar-refractivity contribution < 1.29 is 4.74 Å². The van der Waals surface area contributed by atoms with Gasteiger partial charge in [0.2, 0.25) is 5.88 Å². The van der Waals surface area contributed by atoms with Gasteiger partial charge in [0.15, 0.2) is 0 Å². The van der Waals surface area contributed by atoms with Gasteiger partial charge in [0.25, 0.3) is 0 Å². The Labute approximate surface area is 108 Å². The highest BCUT2D eigenvalue weighted by Crippen LogP contribution is 2.31. The summed E-state index contributed by atoms with van der Waals surface area (Å²) in [5.41, 5.74) is 5.79. The number of rotatable bonds is 5. The molecule has 0 amide bonds. The zero-order chi connectivity index (χ0) is 13.0. The second kappa shape index (κ2) is 6.00. The van der Waals surface area contributed by atoms with E-state index in [1.165, 1.54) is 19.3 Å². The maximum Gasteiger partial charge on any atom is 0.218 e. The van der Waals surface area contributed by atoms with Crippen molar-refractivity contribution in [3.63, 3.8) is 0 Å². The minimum absolute atomic E-state index is 0.604. The first kappa shape index (κ1) is 13.1. The van der Waals surface area contributed by atoms with Crippen LogP contribution < -0.4 is 15.8 Å². The number of nitrogens with two attached hydrogens (primary N) is 1. The molecule has 0 bridgehead atoms. The quantitative estimate of drug-likeness (QED) is 0.830. The minimum Gasteiger partial charge on any atom is -0.481 e. The monoisotopic (exact) mass is 250 g/mol. The molecule has 0 aromatic carbocycles. The lowest BCUT2D eigenvalue weighted by atomic mass is 9.96. The van der Waals surface area contributed by atoms with Crippen LogP contribution in [-0.2, 0) is 0 Å². The molecule has 1 saturated carbocycles. The Hall–Kier alpha value is -1.36. The summed E-state index contributed by atoms with van der Waals surface area (Å²) in [4.78, 5) is 8.53. The highest BCUT2D eigenvalue weighted by atomic mass is 16.5. The second-order valence-corrected chi connectivity index (χ2v) is 4.91. The molecule has 100 valence electrons. The van der Waals surface area contributed by atoms with E-state index in [4.69, 9.17) is 10.5 Å². The third-order valence-corrected chi connectivity index (χ3v) is 3.69. The first-order valence-electron chi connectivity index (χ1n) is 6.56. The van der Waals surface area contributed by atoms with Gasteiger partial charge >= 0.3 is 0 Å². The first-order chi connectivity index (χ1) is 8.72. The third kappa shape index (κ3) is 3.10. The van der Waals surface area contributed by atoms with E-state index >= 15 is 0 Å².